The van der Waals surface area contributed by atoms with Gasteiger partial charge in [-0.2, -0.15) is 0 Å². The van der Waals surface area contributed by atoms with E-state index < -0.39 is 37.0 Å². The SMILES string of the molecule is [N-]=[N+]=N[C@H]1C(OCc2ccccc2)O[C@@H]2COC(c3ccccc3)O[C@H]2[C@H]1F. The summed E-state index contributed by atoms with van der Waals surface area (Å²) in [6, 6.07) is 17.6. The van der Waals surface area contributed by atoms with E-state index in [-0.39, 0.29) is 13.2 Å². The molecular formula is C20H20FN3O4. The highest BCUT2D eigenvalue weighted by molar-refractivity contribution is 5.17. The van der Waals surface area contributed by atoms with Crippen LogP contribution in [-0.4, -0.2) is 37.3 Å². The van der Waals surface area contributed by atoms with E-state index in [2.05, 4.69) is 10.0 Å². The van der Waals surface area contributed by atoms with Crippen LogP contribution in [0.25, 0.3) is 10.4 Å². The highest BCUT2D eigenvalue weighted by atomic mass is 19.1. The maximum Gasteiger partial charge on any atom is 0.184 e. The molecule has 0 radical (unpaired) electrons. The van der Waals surface area contributed by atoms with Crippen molar-refractivity contribution in [1.29, 1.82) is 0 Å². The Labute approximate surface area is 161 Å². The van der Waals surface area contributed by atoms with E-state index in [4.69, 9.17) is 24.5 Å². The minimum Gasteiger partial charge on any atom is -0.347 e. The minimum atomic E-state index is -1.58. The van der Waals surface area contributed by atoms with Gasteiger partial charge in [-0.1, -0.05) is 65.8 Å². The molecule has 0 spiro atoms. The van der Waals surface area contributed by atoms with Crippen molar-refractivity contribution >= 4 is 0 Å². The second-order valence-corrected chi connectivity index (χ2v) is 6.66. The fourth-order valence-corrected chi connectivity index (χ4v) is 3.39. The lowest BCUT2D eigenvalue weighted by Crippen LogP contribution is -2.60. The van der Waals surface area contributed by atoms with Gasteiger partial charge in [0.05, 0.1) is 13.2 Å². The van der Waals surface area contributed by atoms with Crippen LogP contribution in [0.5, 0.6) is 0 Å². The fraction of sp³-hybridized carbons (Fsp3) is 0.400. The Kier molecular flexibility index (Phi) is 5.85. The molecule has 0 bridgehead atoms. The summed E-state index contributed by atoms with van der Waals surface area (Å²) in [6.07, 6.45) is -4.86. The van der Waals surface area contributed by atoms with Crippen LogP contribution in [0.3, 0.4) is 0 Å². The maximum atomic E-state index is 15.2. The number of ether oxygens (including phenoxy) is 4. The zero-order valence-corrected chi connectivity index (χ0v) is 15.0. The third-order valence-corrected chi connectivity index (χ3v) is 4.80. The predicted molar refractivity (Wildman–Crippen MR) is 97.7 cm³/mol. The molecule has 2 aliphatic heterocycles. The average molecular weight is 385 g/mol. The van der Waals surface area contributed by atoms with E-state index in [0.717, 1.165) is 11.1 Å². The van der Waals surface area contributed by atoms with Crippen molar-refractivity contribution in [3.8, 4) is 0 Å². The number of hydrogen-bond acceptors (Lipinski definition) is 5. The molecule has 0 aromatic heterocycles. The van der Waals surface area contributed by atoms with Crippen LogP contribution in [0.1, 0.15) is 17.4 Å². The van der Waals surface area contributed by atoms with Gasteiger partial charge < -0.3 is 18.9 Å². The molecule has 2 saturated heterocycles. The summed E-state index contributed by atoms with van der Waals surface area (Å²) in [5.41, 5.74) is 10.6. The van der Waals surface area contributed by atoms with Gasteiger partial charge in [-0.05, 0) is 11.1 Å². The van der Waals surface area contributed by atoms with Crippen molar-refractivity contribution in [3.05, 3.63) is 82.2 Å². The van der Waals surface area contributed by atoms with Gasteiger partial charge >= 0.3 is 0 Å². The summed E-state index contributed by atoms with van der Waals surface area (Å²) in [4.78, 5) is 2.77. The summed E-state index contributed by atoms with van der Waals surface area (Å²) < 4.78 is 38.3. The van der Waals surface area contributed by atoms with Crippen LogP contribution in [0, 0.1) is 0 Å². The van der Waals surface area contributed by atoms with E-state index in [1.807, 2.05) is 60.7 Å². The summed E-state index contributed by atoms with van der Waals surface area (Å²) in [5, 5.41) is 3.58. The van der Waals surface area contributed by atoms with Crippen LogP contribution in [0.4, 0.5) is 4.39 Å². The first-order chi connectivity index (χ1) is 13.8. The van der Waals surface area contributed by atoms with E-state index in [9.17, 15) is 0 Å². The Morgan fingerprint density at radius 1 is 1.07 bits per heavy atom. The van der Waals surface area contributed by atoms with Crippen LogP contribution >= 0.6 is 0 Å². The Morgan fingerprint density at radius 2 is 1.79 bits per heavy atom. The molecule has 8 heteroatoms. The monoisotopic (exact) mass is 385 g/mol. The summed E-state index contributed by atoms with van der Waals surface area (Å²) >= 11 is 0. The van der Waals surface area contributed by atoms with Crippen LogP contribution < -0.4 is 0 Å². The molecule has 6 atom stereocenters. The molecule has 2 aliphatic rings. The average Bonchev–Trinajstić information content (AvgIpc) is 2.76. The van der Waals surface area contributed by atoms with Crippen molar-refractivity contribution in [2.75, 3.05) is 6.61 Å². The van der Waals surface area contributed by atoms with Crippen molar-refractivity contribution in [2.45, 2.75) is 43.6 Å². The van der Waals surface area contributed by atoms with Crippen molar-refractivity contribution < 1.29 is 23.3 Å². The Hall–Kier alpha value is -2.48. The molecule has 2 unspecified atom stereocenters. The van der Waals surface area contributed by atoms with Gasteiger partial charge in [0.2, 0.25) is 0 Å². The quantitative estimate of drug-likeness (QED) is 0.441. The van der Waals surface area contributed by atoms with E-state index >= 15 is 4.39 Å². The molecule has 4 rings (SSSR count). The molecule has 0 saturated carbocycles. The number of azide groups is 1. The number of alkyl halides is 1. The van der Waals surface area contributed by atoms with Crippen molar-refractivity contribution in [2.24, 2.45) is 5.11 Å². The molecule has 2 heterocycles. The first-order valence-electron chi connectivity index (χ1n) is 9.07. The Balaban J connectivity index is 1.47. The molecule has 0 aliphatic carbocycles. The van der Waals surface area contributed by atoms with Crippen LogP contribution in [-0.2, 0) is 25.6 Å². The lowest BCUT2D eigenvalue weighted by Gasteiger charge is -2.45. The fourth-order valence-electron chi connectivity index (χ4n) is 3.39. The van der Waals surface area contributed by atoms with Gasteiger partial charge in [-0.25, -0.2) is 4.39 Å². The predicted octanol–water partition coefficient (Wildman–Crippen LogP) is 4.06. The van der Waals surface area contributed by atoms with Gasteiger partial charge in [0.1, 0.15) is 24.4 Å². The zero-order chi connectivity index (χ0) is 19.3. The molecule has 2 aromatic rings. The second kappa shape index (κ2) is 8.68. The standard InChI is InChI=1S/C20H20FN3O4/c21-16-17(23-24-22)20(25-11-13-7-3-1-4-8-13)27-15-12-26-19(28-18(15)16)14-9-5-2-6-10-14/h1-10,15-20H,11-12H2/t15-,16+,17-,18-,19?,20?/m1/s1. The molecular weight excluding hydrogens is 365 g/mol. The van der Waals surface area contributed by atoms with Gasteiger partial charge in [0.25, 0.3) is 0 Å². The number of fused-ring (bicyclic) bond motifs is 1. The largest absolute Gasteiger partial charge is 0.347 e. The van der Waals surface area contributed by atoms with E-state index in [1.165, 1.54) is 0 Å². The first kappa shape index (κ1) is 18.9. The highest BCUT2D eigenvalue weighted by Gasteiger charge is 2.50. The lowest BCUT2D eigenvalue weighted by molar-refractivity contribution is -0.336. The van der Waals surface area contributed by atoms with Crippen LogP contribution in [0.15, 0.2) is 65.8 Å². The number of nitrogens with zero attached hydrogens (tertiary/aromatic N) is 3. The molecule has 7 nitrogen and oxygen atoms in total. The summed E-state index contributed by atoms with van der Waals surface area (Å²) in [5.74, 6) is 0. The molecule has 2 fully saturated rings. The number of halogens is 1. The normalized spacial score (nSPS) is 32.2. The minimum absolute atomic E-state index is 0.152. The molecule has 28 heavy (non-hydrogen) atoms. The van der Waals surface area contributed by atoms with Gasteiger partial charge in [0, 0.05) is 10.5 Å². The highest BCUT2D eigenvalue weighted by Crippen LogP contribution is 2.36. The maximum absolute atomic E-state index is 15.2. The number of hydrogen-bond donors (Lipinski definition) is 0. The summed E-state index contributed by atoms with van der Waals surface area (Å²) in [6.45, 7) is 0.361. The second-order valence-electron chi connectivity index (χ2n) is 6.66. The topological polar surface area (TPSA) is 85.7 Å². The smallest absolute Gasteiger partial charge is 0.184 e. The third kappa shape index (κ3) is 4.01. The molecule has 0 amide bonds. The molecule has 0 N–H and O–H groups in total. The first-order valence-corrected chi connectivity index (χ1v) is 9.07. The van der Waals surface area contributed by atoms with Gasteiger partial charge in [-0.3, -0.25) is 0 Å². The molecule has 2 aromatic carbocycles. The van der Waals surface area contributed by atoms with Gasteiger partial charge in [-0.15, -0.1) is 0 Å². The zero-order valence-electron chi connectivity index (χ0n) is 15.0. The van der Waals surface area contributed by atoms with Gasteiger partial charge in [0.15, 0.2) is 12.6 Å². The third-order valence-electron chi connectivity index (χ3n) is 4.80. The Morgan fingerprint density at radius 3 is 2.50 bits per heavy atom. The molecule has 146 valence electrons. The number of rotatable bonds is 5. The van der Waals surface area contributed by atoms with Crippen LogP contribution in [0.2, 0.25) is 0 Å². The van der Waals surface area contributed by atoms with E-state index in [0.29, 0.717) is 0 Å². The summed E-state index contributed by atoms with van der Waals surface area (Å²) in [7, 11) is 0. The Bertz CT molecular complexity index is 819. The van der Waals surface area contributed by atoms with Crippen molar-refractivity contribution in [3.63, 3.8) is 0 Å². The lowest BCUT2D eigenvalue weighted by atomic mass is 9.97. The number of benzene rings is 2. The van der Waals surface area contributed by atoms with E-state index in [1.54, 1.807) is 0 Å². The van der Waals surface area contributed by atoms with Crippen molar-refractivity contribution in [1.82, 2.24) is 0 Å².